The largest absolute Gasteiger partial charge is 0.343 e. The van der Waals surface area contributed by atoms with E-state index in [4.69, 9.17) is 11.6 Å². The van der Waals surface area contributed by atoms with Crippen LogP contribution in [0.3, 0.4) is 0 Å². The number of hydrogen-bond acceptors (Lipinski definition) is 4. The molecule has 1 heterocycles. The van der Waals surface area contributed by atoms with Gasteiger partial charge in [0.15, 0.2) is 0 Å². The average molecular weight is 460 g/mol. The summed E-state index contributed by atoms with van der Waals surface area (Å²) >= 11 is 9.48. The van der Waals surface area contributed by atoms with Crippen LogP contribution in [0.5, 0.6) is 0 Å². The normalized spacial score (nSPS) is 11.0. The lowest BCUT2D eigenvalue weighted by Gasteiger charge is -2.05. The molecule has 0 saturated heterocycles. The van der Waals surface area contributed by atoms with Gasteiger partial charge in [-0.25, -0.2) is 10.4 Å². The van der Waals surface area contributed by atoms with Crippen molar-refractivity contribution in [1.29, 1.82) is 0 Å². The molecule has 2 aromatic carbocycles. The van der Waals surface area contributed by atoms with Crippen LogP contribution in [0, 0.1) is 6.92 Å². The van der Waals surface area contributed by atoms with Gasteiger partial charge in [-0.05, 0) is 42.8 Å². The Hall–Kier alpha value is -2.77. The fourth-order valence-electron chi connectivity index (χ4n) is 2.47. The number of carbonyl (C=O) groups excluding carboxylic acids is 2. The molecule has 0 fully saturated rings. The number of aryl methyl sites for hydroxylation is 1. The number of hydrogen-bond donors (Lipinski definition) is 2. The van der Waals surface area contributed by atoms with E-state index in [-0.39, 0.29) is 12.5 Å². The molecule has 28 heavy (non-hydrogen) atoms. The summed E-state index contributed by atoms with van der Waals surface area (Å²) in [5, 5.41) is 7.63. The van der Waals surface area contributed by atoms with Gasteiger partial charge >= 0.3 is 0 Å². The molecular formula is C20H16BrClN4O2. The Labute approximate surface area is 175 Å². The van der Waals surface area contributed by atoms with E-state index >= 15 is 0 Å². The number of nitrogens with one attached hydrogen (secondary N) is 2. The first-order valence-electron chi connectivity index (χ1n) is 8.35. The molecular weight excluding hydrogens is 444 g/mol. The number of nitrogens with zero attached hydrogens (tertiary/aromatic N) is 2. The molecule has 8 heteroatoms. The van der Waals surface area contributed by atoms with E-state index in [2.05, 4.69) is 36.8 Å². The second-order valence-corrected chi connectivity index (χ2v) is 7.32. The van der Waals surface area contributed by atoms with Gasteiger partial charge in [0, 0.05) is 21.0 Å². The van der Waals surface area contributed by atoms with E-state index in [1.54, 1.807) is 18.2 Å². The molecule has 2 amide bonds. The lowest BCUT2D eigenvalue weighted by Crippen LogP contribution is -2.34. The molecule has 0 radical (unpaired) electrons. The molecule has 0 atom stereocenters. The highest BCUT2D eigenvalue weighted by Gasteiger charge is 2.08. The SMILES string of the molecule is Cc1ccc2cc(/C=N/NC(=O)CNC(=O)c3cccc(Br)c3)c(Cl)nc2c1. The van der Waals surface area contributed by atoms with Crippen LogP contribution in [0.25, 0.3) is 10.9 Å². The number of rotatable bonds is 5. The molecule has 0 aliphatic heterocycles. The summed E-state index contributed by atoms with van der Waals surface area (Å²) in [6, 6.07) is 14.6. The molecule has 1 aromatic heterocycles. The zero-order valence-electron chi connectivity index (χ0n) is 14.9. The molecule has 142 valence electrons. The first-order valence-corrected chi connectivity index (χ1v) is 9.52. The molecule has 0 bridgehead atoms. The zero-order chi connectivity index (χ0) is 20.1. The number of pyridine rings is 1. The zero-order valence-corrected chi connectivity index (χ0v) is 17.2. The molecule has 3 aromatic rings. The quantitative estimate of drug-likeness (QED) is 0.345. The highest BCUT2D eigenvalue weighted by atomic mass is 79.9. The van der Waals surface area contributed by atoms with Crippen molar-refractivity contribution in [1.82, 2.24) is 15.7 Å². The molecule has 0 unspecified atom stereocenters. The Bertz CT molecular complexity index is 1080. The van der Waals surface area contributed by atoms with Gasteiger partial charge in [-0.2, -0.15) is 5.10 Å². The first-order chi connectivity index (χ1) is 13.4. The van der Waals surface area contributed by atoms with Crippen LogP contribution in [-0.4, -0.2) is 29.6 Å². The van der Waals surface area contributed by atoms with E-state index < -0.39 is 5.91 Å². The van der Waals surface area contributed by atoms with Crippen LogP contribution in [0.4, 0.5) is 0 Å². The van der Waals surface area contributed by atoms with Crippen molar-refractivity contribution >= 4 is 56.5 Å². The van der Waals surface area contributed by atoms with Crippen LogP contribution < -0.4 is 10.7 Å². The molecule has 0 saturated carbocycles. The lowest BCUT2D eigenvalue weighted by atomic mass is 10.1. The Morgan fingerprint density at radius 3 is 2.82 bits per heavy atom. The van der Waals surface area contributed by atoms with E-state index in [0.29, 0.717) is 16.3 Å². The molecule has 0 aliphatic rings. The lowest BCUT2D eigenvalue weighted by molar-refractivity contribution is -0.120. The average Bonchev–Trinajstić information content (AvgIpc) is 2.66. The summed E-state index contributed by atoms with van der Waals surface area (Å²) < 4.78 is 0.783. The minimum absolute atomic E-state index is 0.203. The maximum atomic E-state index is 12.0. The highest BCUT2D eigenvalue weighted by molar-refractivity contribution is 9.10. The summed E-state index contributed by atoms with van der Waals surface area (Å²) in [5.74, 6) is -0.808. The van der Waals surface area contributed by atoms with Crippen LogP contribution >= 0.6 is 27.5 Å². The third kappa shape index (κ3) is 5.15. The van der Waals surface area contributed by atoms with E-state index in [1.807, 2.05) is 37.3 Å². The number of hydrazone groups is 1. The van der Waals surface area contributed by atoms with Gasteiger partial charge in [0.1, 0.15) is 5.15 Å². The standard InChI is InChI=1S/C20H16BrClN4O2/c1-12-5-6-13-8-15(19(22)25-17(13)7-12)10-24-26-18(27)11-23-20(28)14-3-2-4-16(21)9-14/h2-10H,11H2,1H3,(H,23,28)(H,26,27)/b24-10+. The molecule has 6 nitrogen and oxygen atoms in total. The maximum absolute atomic E-state index is 12.0. The summed E-state index contributed by atoms with van der Waals surface area (Å²) in [5.41, 5.74) is 5.27. The second kappa shape index (κ2) is 8.95. The van der Waals surface area contributed by atoms with Crippen molar-refractivity contribution in [2.24, 2.45) is 5.10 Å². The fourth-order valence-corrected chi connectivity index (χ4v) is 3.06. The van der Waals surface area contributed by atoms with Crippen LogP contribution in [-0.2, 0) is 4.79 Å². The minimum atomic E-state index is -0.458. The van der Waals surface area contributed by atoms with Gasteiger partial charge in [-0.1, -0.05) is 45.7 Å². The van der Waals surface area contributed by atoms with Crippen molar-refractivity contribution in [2.45, 2.75) is 6.92 Å². The van der Waals surface area contributed by atoms with Gasteiger partial charge in [0.05, 0.1) is 18.3 Å². The Balaban J connectivity index is 1.57. The Morgan fingerprint density at radius 2 is 2.04 bits per heavy atom. The number of carbonyl (C=O) groups is 2. The molecule has 0 aliphatic carbocycles. The number of halogens is 2. The van der Waals surface area contributed by atoms with Crippen molar-refractivity contribution in [3.63, 3.8) is 0 Å². The summed E-state index contributed by atoms with van der Waals surface area (Å²) in [6.07, 6.45) is 1.42. The third-order valence-electron chi connectivity index (χ3n) is 3.84. The number of fused-ring (bicyclic) bond motifs is 1. The smallest absolute Gasteiger partial charge is 0.259 e. The summed E-state index contributed by atoms with van der Waals surface area (Å²) in [4.78, 5) is 28.2. The predicted molar refractivity (Wildman–Crippen MR) is 114 cm³/mol. The molecule has 3 rings (SSSR count). The van der Waals surface area contributed by atoms with Crippen molar-refractivity contribution in [3.05, 3.63) is 74.8 Å². The monoisotopic (exact) mass is 458 g/mol. The van der Waals surface area contributed by atoms with Crippen molar-refractivity contribution < 1.29 is 9.59 Å². The summed E-state index contributed by atoms with van der Waals surface area (Å²) in [6.45, 7) is 1.78. The van der Waals surface area contributed by atoms with Gasteiger partial charge in [0.2, 0.25) is 0 Å². The van der Waals surface area contributed by atoms with Gasteiger partial charge in [-0.15, -0.1) is 0 Å². The number of aromatic nitrogens is 1. The Kier molecular flexibility index (Phi) is 6.38. The summed E-state index contributed by atoms with van der Waals surface area (Å²) in [7, 11) is 0. The second-order valence-electron chi connectivity index (χ2n) is 6.05. The van der Waals surface area contributed by atoms with Crippen molar-refractivity contribution in [3.8, 4) is 0 Å². The maximum Gasteiger partial charge on any atom is 0.259 e. The van der Waals surface area contributed by atoms with E-state index in [0.717, 1.165) is 20.9 Å². The predicted octanol–water partition coefficient (Wildman–Crippen LogP) is 3.84. The van der Waals surface area contributed by atoms with Crippen LogP contribution in [0.2, 0.25) is 5.15 Å². The Morgan fingerprint density at radius 1 is 1.21 bits per heavy atom. The first kappa shape index (κ1) is 20.0. The van der Waals surface area contributed by atoms with Gasteiger partial charge < -0.3 is 5.32 Å². The van der Waals surface area contributed by atoms with E-state index in [1.165, 1.54) is 6.21 Å². The topological polar surface area (TPSA) is 83.5 Å². The van der Waals surface area contributed by atoms with Crippen LogP contribution in [0.1, 0.15) is 21.5 Å². The minimum Gasteiger partial charge on any atom is -0.343 e. The number of amides is 2. The number of benzene rings is 2. The molecule has 2 N–H and O–H groups in total. The van der Waals surface area contributed by atoms with Crippen LogP contribution in [0.15, 0.2) is 58.1 Å². The molecule has 0 spiro atoms. The fraction of sp³-hybridized carbons (Fsp3) is 0.100. The van der Waals surface area contributed by atoms with Crippen molar-refractivity contribution in [2.75, 3.05) is 6.54 Å². The van der Waals surface area contributed by atoms with E-state index in [9.17, 15) is 9.59 Å². The van der Waals surface area contributed by atoms with Gasteiger partial charge in [-0.3, -0.25) is 9.59 Å². The third-order valence-corrected chi connectivity index (χ3v) is 4.64. The van der Waals surface area contributed by atoms with Gasteiger partial charge in [0.25, 0.3) is 11.8 Å². The highest BCUT2D eigenvalue weighted by Crippen LogP contribution is 2.20.